The number of hydrogen-bond donors (Lipinski definition) is 1. The first-order valence-corrected chi connectivity index (χ1v) is 15.2. The normalized spacial score (nSPS) is 23.0. The van der Waals surface area contributed by atoms with E-state index in [4.69, 9.17) is 4.74 Å². The molecule has 3 rings (SSSR count). The van der Waals surface area contributed by atoms with Crippen molar-refractivity contribution >= 4 is 26.1 Å². The summed E-state index contributed by atoms with van der Waals surface area (Å²) in [5, 5.41) is 0. The predicted molar refractivity (Wildman–Crippen MR) is 143 cm³/mol. The maximum Gasteiger partial charge on any atom is 0.279 e. The first-order valence-electron chi connectivity index (χ1n) is 13.0. The quantitative estimate of drug-likeness (QED) is 0.404. The molecule has 194 valence electrons. The lowest BCUT2D eigenvalue weighted by Gasteiger charge is -2.33. The van der Waals surface area contributed by atoms with Gasteiger partial charge in [0.1, 0.15) is 5.75 Å². The van der Waals surface area contributed by atoms with Gasteiger partial charge in [0, 0.05) is 24.6 Å². The van der Waals surface area contributed by atoms with Crippen molar-refractivity contribution in [2.75, 3.05) is 33.7 Å². The molecule has 2 aliphatic rings. The van der Waals surface area contributed by atoms with Crippen molar-refractivity contribution in [3.05, 3.63) is 28.2 Å². The Hall–Kier alpha value is -0.670. The van der Waals surface area contributed by atoms with E-state index < -0.39 is 10.2 Å². The van der Waals surface area contributed by atoms with Crippen LogP contribution in [-0.4, -0.2) is 63.5 Å². The lowest BCUT2D eigenvalue weighted by atomic mass is 9.83. The Morgan fingerprint density at radius 2 is 1.76 bits per heavy atom. The number of nitrogens with one attached hydrogen (secondary N) is 1. The molecular formula is C26H44BrN3O3S. The third-order valence-electron chi connectivity index (χ3n) is 7.33. The molecule has 0 atom stereocenters. The molecule has 0 spiro atoms. The van der Waals surface area contributed by atoms with Crippen LogP contribution in [-0.2, 0) is 16.6 Å². The van der Waals surface area contributed by atoms with Crippen molar-refractivity contribution in [2.24, 2.45) is 11.8 Å². The Labute approximate surface area is 216 Å². The summed E-state index contributed by atoms with van der Waals surface area (Å²) in [6.45, 7) is 7.73. The molecule has 8 heteroatoms. The Bertz CT molecular complexity index is 862. The van der Waals surface area contributed by atoms with Crippen molar-refractivity contribution in [3.63, 3.8) is 0 Å². The van der Waals surface area contributed by atoms with E-state index in [2.05, 4.69) is 51.5 Å². The van der Waals surface area contributed by atoms with Crippen LogP contribution >= 0.6 is 15.9 Å². The van der Waals surface area contributed by atoms with Crippen molar-refractivity contribution in [1.82, 2.24) is 13.9 Å². The third kappa shape index (κ3) is 8.77. The van der Waals surface area contributed by atoms with E-state index in [0.717, 1.165) is 49.7 Å². The molecule has 1 N–H and O–H groups in total. The molecule has 1 aliphatic heterocycles. The van der Waals surface area contributed by atoms with Gasteiger partial charge >= 0.3 is 0 Å². The smallest absolute Gasteiger partial charge is 0.279 e. The van der Waals surface area contributed by atoms with E-state index in [0.29, 0.717) is 0 Å². The van der Waals surface area contributed by atoms with Crippen LogP contribution in [0.1, 0.15) is 70.8 Å². The van der Waals surface area contributed by atoms with Gasteiger partial charge in [-0.25, -0.2) is 0 Å². The second-order valence-corrected chi connectivity index (χ2v) is 13.4. The van der Waals surface area contributed by atoms with Gasteiger partial charge in [-0.15, -0.1) is 0 Å². The fourth-order valence-electron chi connectivity index (χ4n) is 5.27. The molecule has 2 fully saturated rings. The van der Waals surface area contributed by atoms with Gasteiger partial charge < -0.3 is 9.64 Å². The number of piperidine rings is 1. The number of ether oxygens (including phenoxy) is 1. The Morgan fingerprint density at radius 3 is 2.38 bits per heavy atom. The SMILES string of the molecule is CC(C)Oc1ccc(Br)c(CC2CCN(CCC[C@H]3CC[C@@H](NS(=O)(=O)N(C)C)CC3)CC2)c1. The minimum Gasteiger partial charge on any atom is -0.491 e. The van der Waals surface area contributed by atoms with Gasteiger partial charge in [0.25, 0.3) is 10.2 Å². The van der Waals surface area contributed by atoms with Crippen molar-refractivity contribution in [1.29, 1.82) is 0 Å². The lowest BCUT2D eigenvalue weighted by molar-refractivity contribution is 0.174. The van der Waals surface area contributed by atoms with Crippen molar-refractivity contribution < 1.29 is 13.2 Å². The van der Waals surface area contributed by atoms with Crippen LogP contribution in [0, 0.1) is 11.8 Å². The summed E-state index contributed by atoms with van der Waals surface area (Å²) in [5.74, 6) is 2.45. The molecule has 0 amide bonds. The van der Waals surface area contributed by atoms with Gasteiger partial charge in [-0.05, 0) is 127 Å². The average molecular weight is 559 g/mol. The zero-order valence-electron chi connectivity index (χ0n) is 21.4. The molecule has 1 aromatic carbocycles. The molecule has 0 aromatic heterocycles. The molecule has 1 aliphatic carbocycles. The number of rotatable bonds is 11. The number of likely N-dealkylation sites (tertiary alicyclic amines) is 1. The zero-order valence-corrected chi connectivity index (χ0v) is 23.8. The number of hydrogen-bond acceptors (Lipinski definition) is 4. The van der Waals surface area contributed by atoms with Gasteiger partial charge in [-0.2, -0.15) is 17.4 Å². The molecule has 0 unspecified atom stereocenters. The molecular weight excluding hydrogens is 514 g/mol. The van der Waals surface area contributed by atoms with Crippen LogP contribution in [0.15, 0.2) is 22.7 Å². The highest BCUT2D eigenvalue weighted by atomic mass is 79.9. The van der Waals surface area contributed by atoms with E-state index in [1.165, 1.54) is 59.7 Å². The van der Waals surface area contributed by atoms with E-state index in [1.54, 1.807) is 14.1 Å². The van der Waals surface area contributed by atoms with Crippen LogP contribution in [0.2, 0.25) is 0 Å². The van der Waals surface area contributed by atoms with Crippen LogP contribution in [0.3, 0.4) is 0 Å². The maximum atomic E-state index is 12.0. The van der Waals surface area contributed by atoms with Gasteiger partial charge in [0.15, 0.2) is 0 Å². The van der Waals surface area contributed by atoms with Gasteiger partial charge in [0.2, 0.25) is 0 Å². The van der Waals surface area contributed by atoms with Gasteiger partial charge in [-0.3, -0.25) is 0 Å². The number of benzene rings is 1. The lowest BCUT2D eigenvalue weighted by Crippen LogP contribution is -2.43. The van der Waals surface area contributed by atoms with Crippen LogP contribution < -0.4 is 9.46 Å². The summed E-state index contributed by atoms with van der Waals surface area (Å²) in [5.41, 5.74) is 1.36. The van der Waals surface area contributed by atoms with Crippen LogP contribution in [0.5, 0.6) is 5.75 Å². The van der Waals surface area contributed by atoms with E-state index in [9.17, 15) is 8.42 Å². The third-order valence-corrected chi connectivity index (χ3v) is 9.70. The molecule has 0 radical (unpaired) electrons. The minimum atomic E-state index is -3.31. The Balaban J connectivity index is 1.32. The summed E-state index contributed by atoms with van der Waals surface area (Å²) in [6, 6.07) is 6.47. The summed E-state index contributed by atoms with van der Waals surface area (Å²) in [4.78, 5) is 2.64. The summed E-state index contributed by atoms with van der Waals surface area (Å²) >= 11 is 3.73. The summed E-state index contributed by atoms with van der Waals surface area (Å²) in [6.07, 6.45) is 10.6. The fourth-order valence-corrected chi connectivity index (χ4v) is 6.54. The molecule has 1 saturated carbocycles. The zero-order chi connectivity index (χ0) is 24.7. The first kappa shape index (κ1) is 27.9. The summed E-state index contributed by atoms with van der Waals surface area (Å²) < 4.78 is 35.2. The van der Waals surface area contributed by atoms with E-state index in [-0.39, 0.29) is 12.1 Å². The maximum absolute atomic E-state index is 12.0. The van der Waals surface area contributed by atoms with E-state index in [1.807, 2.05) is 6.07 Å². The molecule has 1 saturated heterocycles. The van der Waals surface area contributed by atoms with E-state index >= 15 is 0 Å². The van der Waals surface area contributed by atoms with Gasteiger partial charge in [0.05, 0.1) is 6.10 Å². The number of nitrogens with zero attached hydrogens (tertiary/aromatic N) is 2. The Kier molecular flexibility index (Phi) is 10.7. The molecule has 1 aromatic rings. The van der Waals surface area contributed by atoms with Crippen molar-refractivity contribution in [3.8, 4) is 5.75 Å². The second kappa shape index (κ2) is 13.0. The minimum absolute atomic E-state index is 0.0975. The van der Waals surface area contributed by atoms with Crippen molar-refractivity contribution in [2.45, 2.75) is 83.8 Å². The summed E-state index contributed by atoms with van der Waals surface area (Å²) in [7, 11) is -0.154. The molecule has 34 heavy (non-hydrogen) atoms. The molecule has 6 nitrogen and oxygen atoms in total. The highest BCUT2D eigenvalue weighted by Crippen LogP contribution is 2.31. The highest BCUT2D eigenvalue weighted by Gasteiger charge is 2.26. The fraction of sp³-hybridized carbons (Fsp3) is 0.769. The first-order chi connectivity index (χ1) is 16.1. The standard InChI is InChI=1S/C26H44BrN3O3S/c1-20(2)33-25-11-12-26(27)23(19-25)18-22-13-16-30(17-14-22)15-5-6-21-7-9-24(10-8-21)28-34(31,32)29(3)4/h11-12,19-22,24,28H,5-10,13-18H2,1-4H3/t21-,24+. The number of halogens is 1. The molecule has 1 heterocycles. The second-order valence-electron chi connectivity index (χ2n) is 10.7. The Morgan fingerprint density at radius 1 is 1.09 bits per heavy atom. The monoisotopic (exact) mass is 557 g/mol. The molecule has 0 bridgehead atoms. The van der Waals surface area contributed by atoms with Crippen LogP contribution in [0.4, 0.5) is 0 Å². The predicted octanol–water partition coefficient (Wildman–Crippen LogP) is 5.23. The van der Waals surface area contributed by atoms with Gasteiger partial charge in [-0.1, -0.05) is 15.9 Å². The largest absolute Gasteiger partial charge is 0.491 e. The average Bonchev–Trinajstić information content (AvgIpc) is 2.78. The topological polar surface area (TPSA) is 61.9 Å². The van der Waals surface area contributed by atoms with Crippen LogP contribution in [0.25, 0.3) is 0 Å². The highest BCUT2D eigenvalue weighted by molar-refractivity contribution is 9.10.